The fourth-order valence-corrected chi connectivity index (χ4v) is 3.72. The molecule has 1 aliphatic heterocycles. The van der Waals surface area contributed by atoms with Gasteiger partial charge in [-0.15, -0.1) is 0 Å². The summed E-state index contributed by atoms with van der Waals surface area (Å²) in [5.41, 5.74) is 3.59. The molecule has 2 heterocycles. The van der Waals surface area contributed by atoms with Crippen molar-refractivity contribution in [3.63, 3.8) is 0 Å². The number of aromatic nitrogens is 2. The van der Waals surface area contributed by atoms with E-state index in [0.29, 0.717) is 0 Å². The second-order valence-electron chi connectivity index (χ2n) is 5.67. The number of para-hydroxylation sites is 1. The Bertz CT molecular complexity index is 584. The number of nitrogens with zero attached hydrogens (tertiary/aromatic N) is 3. The highest BCUT2D eigenvalue weighted by atomic mass is 79.9. The zero-order valence-corrected chi connectivity index (χ0v) is 14.1. The summed E-state index contributed by atoms with van der Waals surface area (Å²) >= 11 is 3.65. The summed E-state index contributed by atoms with van der Waals surface area (Å²) in [5, 5.41) is 5.66. The van der Waals surface area contributed by atoms with Crippen LogP contribution in [0.2, 0.25) is 0 Å². The topological polar surface area (TPSA) is 21.1 Å². The minimum absolute atomic E-state index is 0.859. The molecular formula is C17H22BrN3. The molecule has 112 valence electrons. The van der Waals surface area contributed by atoms with Crippen LogP contribution in [0.3, 0.4) is 0 Å². The SMILES string of the molecule is Cc1nn(-c2ccccc2)c(N2CCCCCC2)c1CBr. The van der Waals surface area contributed by atoms with Crippen molar-refractivity contribution in [3.05, 3.63) is 41.6 Å². The standard InChI is InChI=1S/C17H22BrN3/c1-14-16(13-18)17(20-11-7-2-3-8-12-20)21(19-14)15-9-5-4-6-10-15/h4-6,9-10H,2-3,7-8,11-13H2,1H3. The minimum atomic E-state index is 0.859. The van der Waals surface area contributed by atoms with Crippen molar-refractivity contribution in [2.75, 3.05) is 18.0 Å². The lowest BCUT2D eigenvalue weighted by Crippen LogP contribution is -2.27. The van der Waals surface area contributed by atoms with E-state index in [1.165, 1.54) is 37.1 Å². The highest BCUT2D eigenvalue weighted by molar-refractivity contribution is 9.08. The molecule has 0 spiro atoms. The molecule has 0 N–H and O–H groups in total. The number of aryl methyl sites for hydroxylation is 1. The Kier molecular flexibility index (Phi) is 4.63. The Morgan fingerprint density at radius 3 is 2.33 bits per heavy atom. The Morgan fingerprint density at radius 1 is 1.05 bits per heavy atom. The predicted molar refractivity (Wildman–Crippen MR) is 91.6 cm³/mol. The fraction of sp³-hybridized carbons (Fsp3) is 0.471. The molecule has 1 aromatic heterocycles. The predicted octanol–water partition coefficient (Wildman–Crippen LogP) is 4.46. The van der Waals surface area contributed by atoms with Crippen molar-refractivity contribution in [2.24, 2.45) is 0 Å². The number of alkyl halides is 1. The van der Waals surface area contributed by atoms with Crippen LogP contribution in [0.4, 0.5) is 5.82 Å². The third kappa shape index (κ3) is 3.00. The van der Waals surface area contributed by atoms with E-state index in [4.69, 9.17) is 5.10 Å². The highest BCUT2D eigenvalue weighted by Crippen LogP contribution is 2.30. The van der Waals surface area contributed by atoms with Crippen LogP contribution in [0.25, 0.3) is 5.69 Å². The molecule has 1 aromatic carbocycles. The Hall–Kier alpha value is -1.29. The molecule has 0 amide bonds. The number of hydrogen-bond acceptors (Lipinski definition) is 2. The van der Waals surface area contributed by atoms with Crippen LogP contribution in [0.5, 0.6) is 0 Å². The first-order valence-corrected chi connectivity index (χ1v) is 8.88. The molecule has 3 rings (SSSR count). The van der Waals surface area contributed by atoms with Gasteiger partial charge in [0.15, 0.2) is 0 Å². The maximum Gasteiger partial charge on any atom is 0.136 e. The van der Waals surface area contributed by atoms with Crippen LogP contribution in [0.15, 0.2) is 30.3 Å². The second-order valence-corrected chi connectivity index (χ2v) is 6.23. The van der Waals surface area contributed by atoms with E-state index in [9.17, 15) is 0 Å². The van der Waals surface area contributed by atoms with Crippen LogP contribution in [-0.4, -0.2) is 22.9 Å². The molecule has 1 fully saturated rings. The third-order valence-electron chi connectivity index (χ3n) is 4.20. The van der Waals surface area contributed by atoms with Gasteiger partial charge in [0.05, 0.1) is 11.4 Å². The number of halogens is 1. The maximum atomic E-state index is 4.80. The van der Waals surface area contributed by atoms with Gasteiger partial charge < -0.3 is 4.90 Å². The monoisotopic (exact) mass is 347 g/mol. The van der Waals surface area contributed by atoms with Gasteiger partial charge in [-0.3, -0.25) is 0 Å². The summed E-state index contributed by atoms with van der Waals surface area (Å²) in [6, 6.07) is 10.5. The first-order valence-electron chi connectivity index (χ1n) is 7.76. The van der Waals surface area contributed by atoms with Crippen molar-refractivity contribution in [1.29, 1.82) is 0 Å². The molecule has 2 aromatic rings. The molecule has 0 aliphatic carbocycles. The van der Waals surface area contributed by atoms with Crippen LogP contribution < -0.4 is 4.90 Å². The second kappa shape index (κ2) is 6.65. The molecule has 0 atom stereocenters. The fourth-order valence-electron chi connectivity index (χ4n) is 3.06. The zero-order valence-electron chi connectivity index (χ0n) is 12.6. The molecule has 1 aliphatic rings. The summed E-state index contributed by atoms with van der Waals surface area (Å²) in [4.78, 5) is 2.52. The normalized spacial score (nSPS) is 16.0. The van der Waals surface area contributed by atoms with E-state index >= 15 is 0 Å². The van der Waals surface area contributed by atoms with Gasteiger partial charge in [0, 0.05) is 24.0 Å². The minimum Gasteiger partial charge on any atom is -0.356 e. The third-order valence-corrected chi connectivity index (χ3v) is 4.76. The molecule has 0 bridgehead atoms. The number of anilines is 1. The Morgan fingerprint density at radius 2 is 1.71 bits per heavy atom. The molecule has 0 unspecified atom stereocenters. The lowest BCUT2D eigenvalue weighted by atomic mass is 10.2. The van der Waals surface area contributed by atoms with Crippen LogP contribution in [0, 0.1) is 6.92 Å². The van der Waals surface area contributed by atoms with Crippen molar-refractivity contribution in [2.45, 2.75) is 37.9 Å². The smallest absolute Gasteiger partial charge is 0.136 e. The van der Waals surface area contributed by atoms with Gasteiger partial charge in [-0.05, 0) is 31.9 Å². The molecular weight excluding hydrogens is 326 g/mol. The number of benzene rings is 1. The first-order chi connectivity index (χ1) is 10.3. The summed E-state index contributed by atoms with van der Waals surface area (Å²) in [7, 11) is 0. The first kappa shape index (κ1) is 14.6. The van der Waals surface area contributed by atoms with Crippen molar-refractivity contribution in [3.8, 4) is 5.69 Å². The van der Waals surface area contributed by atoms with E-state index in [2.05, 4.69) is 62.8 Å². The van der Waals surface area contributed by atoms with E-state index in [0.717, 1.165) is 29.8 Å². The van der Waals surface area contributed by atoms with Crippen LogP contribution >= 0.6 is 15.9 Å². The maximum absolute atomic E-state index is 4.80. The van der Waals surface area contributed by atoms with E-state index in [1.807, 2.05) is 0 Å². The van der Waals surface area contributed by atoms with Crippen LogP contribution in [-0.2, 0) is 5.33 Å². The molecule has 21 heavy (non-hydrogen) atoms. The lowest BCUT2D eigenvalue weighted by Gasteiger charge is -2.24. The van der Waals surface area contributed by atoms with E-state index in [1.54, 1.807) is 0 Å². The van der Waals surface area contributed by atoms with Crippen LogP contribution in [0.1, 0.15) is 36.9 Å². The summed E-state index contributed by atoms with van der Waals surface area (Å²) < 4.78 is 2.12. The molecule has 1 saturated heterocycles. The van der Waals surface area contributed by atoms with E-state index in [-0.39, 0.29) is 0 Å². The van der Waals surface area contributed by atoms with Gasteiger partial charge in [-0.25, -0.2) is 4.68 Å². The van der Waals surface area contributed by atoms with Gasteiger partial charge >= 0.3 is 0 Å². The summed E-state index contributed by atoms with van der Waals surface area (Å²) in [6.45, 7) is 4.38. The molecule has 0 radical (unpaired) electrons. The summed E-state index contributed by atoms with van der Waals surface area (Å²) in [6.07, 6.45) is 5.25. The highest BCUT2D eigenvalue weighted by Gasteiger charge is 2.21. The van der Waals surface area contributed by atoms with Crippen molar-refractivity contribution >= 4 is 21.7 Å². The van der Waals surface area contributed by atoms with Gasteiger partial charge in [0.1, 0.15) is 5.82 Å². The van der Waals surface area contributed by atoms with Gasteiger partial charge in [-0.1, -0.05) is 47.0 Å². The van der Waals surface area contributed by atoms with E-state index < -0.39 is 0 Å². The zero-order chi connectivity index (χ0) is 14.7. The average Bonchev–Trinajstić information content (AvgIpc) is 2.69. The average molecular weight is 348 g/mol. The molecule has 3 nitrogen and oxygen atoms in total. The summed E-state index contributed by atoms with van der Waals surface area (Å²) in [5.74, 6) is 1.28. The number of hydrogen-bond donors (Lipinski definition) is 0. The Balaban J connectivity index is 2.07. The Labute approximate surface area is 135 Å². The van der Waals surface area contributed by atoms with Gasteiger partial charge in [0.25, 0.3) is 0 Å². The van der Waals surface area contributed by atoms with Crippen molar-refractivity contribution < 1.29 is 0 Å². The quantitative estimate of drug-likeness (QED) is 0.764. The lowest BCUT2D eigenvalue weighted by molar-refractivity contribution is 0.726. The largest absolute Gasteiger partial charge is 0.356 e. The molecule has 4 heteroatoms. The number of rotatable bonds is 3. The van der Waals surface area contributed by atoms with Gasteiger partial charge in [-0.2, -0.15) is 5.10 Å². The van der Waals surface area contributed by atoms with Crippen molar-refractivity contribution in [1.82, 2.24) is 9.78 Å². The molecule has 0 saturated carbocycles. The van der Waals surface area contributed by atoms with Gasteiger partial charge in [0.2, 0.25) is 0 Å².